The van der Waals surface area contributed by atoms with Gasteiger partial charge in [0.15, 0.2) is 0 Å². The van der Waals surface area contributed by atoms with Crippen LogP contribution in [0, 0.1) is 0 Å². The number of aliphatic hydroxyl groups excluding tert-OH is 3. The zero-order valence-electron chi connectivity index (χ0n) is 11.6. The van der Waals surface area contributed by atoms with Crippen LogP contribution in [0.3, 0.4) is 0 Å². The van der Waals surface area contributed by atoms with E-state index in [1.165, 1.54) is 0 Å². The minimum Gasteiger partial charge on any atom is -0.463 e. The van der Waals surface area contributed by atoms with Gasteiger partial charge in [-0.15, -0.1) is 0 Å². The Morgan fingerprint density at radius 1 is 1.26 bits per heavy atom. The lowest BCUT2D eigenvalue weighted by Gasteiger charge is -2.17. The van der Waals surface area contributed by atoms with Crippen molar-refractivity contribution in [2.45, 2.75) is 51.2 Å². The molecule has 0 amide bonds. The van der Waals surface area contributed by atoms with Crippen LogP contribution in [-0.4, -0.2) is 59.9 Å². The monoisotopic (exact) mass is 278 g/mol. The molecule has 0 heterocycles. The standard InChI is InChI=1S/C13H26O6/c1-2-12(19-10-11(16)9-15)5-3-4-6-13(17)18-8-7-14/h11-12,14-16H,2-10H2,1H3. The highest BCUT2D eigenvalue weighted by molar-refractivity contribution is 5.69. The lowest BCUT2D eigenvalue weighted by molar-refractivity contribution is -0.144. The maximum Gasteiger partial charge on any atom is 0.305 e. The number of ether oxygens (including phenoxy) is 2. The molecule has 0 aliphatic heterocycles. The second kappa shape index (κ2) is 12.3. The Morgan fingerprint density at radius 2 is 2.00 bits per heavy atom. The number of esters is 1. The van der Waals surface area contributed by atoms with Crippen molar-refractivity contribution in [3.8, 4) is 0 Å². The molecule has 6 nitrogen and oxygen atoms in total. The summed E-state index contributed by atoms with van der Waals surface area (Å²) in [5.41, 5.74) is 0. The van der Waals surface area contributed by atoms with E-state index in [9.17, 15) is 9.90 Å². The Hall–Kier alpha value is -0.690. The smallest absolute Gasteiger partial charge is 0.305 e. The maximum atomic E-state index is 11.1. The molecule has 0 aromatic heterocycles. The molecule has 0 aromatic carbocycles. The fraction of sp³-hybridized carbons (Fsp3) is 0.923. The highest BCUT2D eigenvalue weighted by atomic mass is 16.5. The maximum absolute atomic E-state index is 11.1. The van der Waals surface area contributed by atoms with Gasteiger partial charge < -0.3 is 24.8 Å². The third kappa shape index (κ3) is 10.9. The van der Waals surface area contributed by atoms with Gasteiger partial charge in [0.25, 0.3) is 0 Å². The highest BCUT2D eigenvalue weighted by Gasteiger charge is 2.10. The van der Waals surface area contributed by atoms with E-state index >= 15 is 0 Å². The topological polar surface area (TPSA) is 96.2 Å². The third-order valence-corrected chi connectivity index (χ3v) is 2.70. The minimum atomic E-state index is -0.831. The number of aliphatic hydroxyl groups is 3. The lowest BCUT2D eigenvalue weighted by Crippen LogP contribution is -2.24. The lowest BCUT2D eigenvalue weighted by atomic mass is 10.1. The van der Waals surface area contributed by atoms with Crippen molar-refractivity contribution in [2.24, 2.45) is 0 Å². The molecule has 2 atom stereocenters. The second-order valence-corrected chi connectivity index (χ2v) is 4.39. The molecule has 0 aromatic rings. The molecule has 0 radical (unpaired) electrons. The van der Waals surface area contributed by atoms with Crippen LogP contribution in [0.4, 0.5) is 0 Å². The zero-order chi connectivity index (χ0) is 14.5. The van der Waals surface area contributed by atoms with Gasteiger partial charge in [-0.2, -0.15) is 0 Å². The SMILES string of the molecule is CCC(CCCCC(=O)OCCO)OCC(O)CO. The fourth-order valence-corrected chi connectivity index (χ4v) is 1.58. The molecule has 0 spiro atoms. The van der Waals surface area contributed by atoms with E-state index < -0.39 is 6.10 Å². The Balaban J connectivity index is 3.58. The Labute approximate surface area is 114 Å². The van der Waals surface area contributed by atoms with Gasteiger partial charge in [0.05, 0.1) is 25.9 Å². The molecule has 0 saturated carbocycles. The number of hydrogen-bond donors (Lipinski definition) is 3. The Kier molecular flexibility index (Phi) is 11.9. The molecule has 0 fully saturated rings. The van der Waals surface area contributed by atoms with Gasteiger partial charge >= 0.3 is 5.97 Å². The molecular formula is C13H26O6. The number of carbonyl (C=O) groups excluding carboxylic acids is 1. The number of rotatable bonds is 12. The van der Waals surface area contributed by atoms with Gasteiger partial charge in [0.2, 0.25) is 0 Å². The normalized spacial score (nSPS) is 14.1. The summed E-state index contributed by atoms with van der Waals surface area (Å²) in [7, 11) is 0. The van der Waals surface area contributed by atoms with Crippen molar-refractivity contribution in [1.82, 2.24) is 0 Å². The van der Waals surface area contributed by atoms with Crippen molar-refractivity contribution < 1.29 is 29.6 Å². The molecule has 0 aliphatic carbocycles. The Morgan fingerprint density at radius 3 is 2.58 bits per heavy atom. The third-order valence-electron chi connectivity index (χ3n) is 2.70. The van der Waals surface area contributed by atoms with Gasteiger partial charge in [-0.05, 0) is 19.3 Å². The average Bonchev–Trinajstić information content (AvgIpc) is 2.43. The van der Waals surface area contributed by atoms with Crippen molar-refractivity contribution in [3.63, 3.8) is 0 Å². The molecule has 114 valence electrons. The van der Waals surface area contributed by atoms with Gasteiger partial charge in [-0.25, -0.2) is 0 Å². The van der Waals surface area contributed by atoms with Gasteiger partial charge in [-0.3, -0.25) is 4.79 Å². The summed E-state index contributed by atoms with van der Waals surface area (Å²) in [6, 6.07) is 0. The first-order chi connectivity index (χ1) is 9.13. The first-order valence-electron chi connectivity index (χ1n) is 6.81. The molecular weight excluding hydrogens is 252 g/mol. The van der Waals surface area contributed by atoms with Crippen LogP contribution < -0.4 is 0 Å². The van der Waals surface area contributed by atoms with Crippen LogP contribution in [0.15, 0.2) is 0 Å². The van der Waals surface area contributed by atoms with Crippen LogP contribution in [0.25, 0.3) is 0 Å². The van der Waals surface area contributed by atoms with Gasteiger partial charge in [0.1, 0.15) is 12.7 Å². The van der Waals surface area contributed by atoms with E-state index in [-0.39, 0.29) is 38.5 Å². The van der Waals surface area contributed by atoms with Crippen molar-refractivity contribution in [1.29, 1.82) is 0 Å². The largest absolute Gasteiger partial charge is 0.463 e. The summed E-state index contributed by atoms with van der Waals surface area (Å²) in [5.74, 6) is -0.293. The predicted molar refractivity (Wildman–Crippen MR) is 69.6 cm³/mol. The van der Waals surface area contributed by atoms with Crippen LogP contribution in [-0.2, 0) is 14.3 Å². The number of hydrogen-bond acceptors (Lipinski definition) is 6. The van der Waals surface area contributed by atoms with E-state index in [1.54, 1.807) is 0 Å². The van der Waals surface area contributed by atoms with Crippen molar-refractivity contribution >= 4 is 5.97 Å². The van der Waals surface area contributed by atoms with Crippen LogP contribution in [0.1, 0.15) is 39.0 Å². The zero-order valence-corrected chi connectivity index (χ0v) is 11.6. The summed E-state index contributed by atoms with van der Waals surface area (Å²) in [6.07, 6.45) is 2.73. The molecule has 0 saturated heterocycles. The summed E-state index contributed by atoms with van der Waals surface area (Å²) in [5, 5.41) is 26.3. The first kappa shape index (κ1) is 18.3. The first-order valence-corrected chi connectivity index (χ1v) is 6.81. The summed E-state index contributed by atoms with van der Waals surface area (Å²) in [4.78, 5) is 11.1. The van der Waals surface area contributed by atoms with Crippen molar-refractivity contribution in [2.75, 3.05) is 26.4 Å². The average molecular weight is 278 g/mol. The fourth-order valence-electron chi connectivity index (χ4n) is 1.58. The van der Waals surface area contributed by atoms with Crippen LogP contribution in [0.2, 0.25) is 0 Å². The van der Waals surface area contributed by atoms with E-state index in [1.807, 2.05) is 6.92 Å². The highest BCUT2D eigenvalue weighted by Crippen LogP contribution is 2.11. The number of unbranched alkanes of at least 4 members (excludes halogenated alkanes) is 1. The van der Waals surface area contributed by atoms with E-state index in [0.717, 1.165) is 19.3 Å². The summed E-state index contributed by atoms with van der Waals surface area (Å²) in [6.45, 7) is 1.73. The van der Waals surface area contributed by atoms with E-state index in [4.69, 9.17) is 19.7 Å². The molecule has 2 unspecified atom stereocenters. The predicted octanol–water partition coefficient (Wildman–Crippen LogP) is 0.231. The molecule has 3 N–H and O–H groups in total. The van der Waals surface area contributed by atoms with Gasteiger partial charge in [-0.1, -0.05) is 13.3 Å². The number of carbonyl (C=O) groups is 1. The Bertz CT molecular complexity index is 221. The molecule has 0 aliphatic rings. The molecule has 6 heteroatoms. The quantitative estimate of drug-likeness (QED) is 0.349. The molecule has 0 bridgehead atoms. The van der Waals surface area contributed by atoms with Crippen LogP contribution in [0.5, 0.6) is 0 Å². The summed E-state index contributed by atoms with van der Waals surface area (Å²) >= 11 is 0. The minimum absolute atomic E-state index is 0.0367. The van der Waals surface area contributed by atoms with E-state index in [0.29, 0.717) is 12.8 Å². The van der Waals surface area contributed by atoms with Crippen molar-refractivity contribution in [3.05, 3.63) is 0 Å². The van der Waals surface area contributed by atoms with E-state index in [2.05, 4.69) is 0 Å². The molecule has 0 rings (SSSR count). The second-order valence-electron chi connectivity index (χ2n) is 4.39. The summed E-state index contributed by atoms with van der Waals surface area (Å²) < 4.78 is 10.2. The van der Waals surface area contributed by atoms with Crippen LogP contribution >= 0.6 is 0 Å². The van der Waals surface area contributed by atoms with Gasteiger partial charge in [0, 0.05) is 6.42 Å². The molecule has 19 heavy (non-hydrogen) atoms.